The molecule has 0 aromatic heterocycles. The Morgan fingerprint density at radius 3 is 2.44 bits per heavy atom. The van der Waals surface area contributed by atoms with Crippen molar-refractivity contribution in [3.8, 4) is 0 Å². The van der Waals surface area contributed by atoms with Crippen LogP contribution in [0.15, 0.2) is 12.3 Å². The summed E-state index contributed by atoms with van der Waals surface area (Å²) in [6, 6.07) is -0.813. The first-order valence-corrected chi connectivity index (χ1v) is 2.06. The summed E-state index contributed by atoms with van der Waals surface area (Å²) in [5.74, 6) is -1.39. The minimum absolute atomic E-state index is 0.658. The Kier molecular flexibility index (Phi) is 2.89. The van der Waals surface area contributed by atoms with Gasteiger partial charge in [-0.25, -0.2) is 4.79 Å². The van der Waals surface area contributed by atoms with Gasteiger partial charge in [-0.2, -0.15) is 0 Å². The highest BCUT2D eigenvalue weighted by Crippen LogP contribution is 1.62. The van der Waals surface area contributed by atoms with Crippen LogP contribution >= 0.6 is 0 Å². The lowest BCUT2D eigenvalue weighted by Crippen LogP contribution is -2.26. The molecule has 0 unspecified atom stereocenters. The van der Waals surface area contributed by atoms with E-state index in [2.05, 4.69) is 5.73 Å². The Morgan fingerprint density at radius 2 is 2.11 bits per heavy atom. The molecule has 2 amide bonds. The van der Waals surface area contributed by atoms with Gasteiger partial charge in [-0.3, -0.25) is 0 Å². The number of nitrogens with one attached hydrogen (secondary N) is 1. The normalized spacial score (nSPS) is 9.33. The van der Waals surface area contributed by atoms with Crippen LogP contribution in [0.1, 0.15) is 0 Å². The van der Waals surface area contributed by atoms with Crippen LogP contribution in [0.3, 0.4) is 0 Å². The average Bonchev–Trinajstić information content (AvgIpc) is 1.63. The molecular formula is C4H5N2O3-. The van der Waals surface area contributed by atoms with Crippen LogP contribution in [-0.2, 0) is 4.79 Å². The zero-order chi connectivity index (χ0) is 7.28. The van der Waals surface area contributed by atoms with E-state index in [1.165, 1.54) is 0 Å². The third kappa shape index (κ3) is 6.48. The second-order valence-electron chi connectivity index (χ2n) is 1.16. The molecule has 0 aliphatic rings. The van der Waals surface area contributed by atoms with Gasteiger partial charge in [0.2, 0.25) is 0 Å². The summed E-state index contributed by atoms with van der Waals surface area (Å²) in [6.07, 6.45) is 1.54. The van der Waals surface area contributed by atoms with Crippen molar-refractivity contribution in [1.82, 2.24) is 5.32 Å². The quantitative estimate of drug-likeness (QED) is 0.419. The number of carboxylic acids is 1. The molecule has 0 saturated heterocycles. The molecule has 5 nitrogen and oxygen atoms in total. The Morgan fingerprint density at radius 1 is 1.56 bits per heavy atom. The van der Waals surface area contributed by atoms with Crippen molar-refractivity contribution in [3.05, 3.63) is 12.3 Å². The number of nitrogens with two attached hydrogens (primary N) is 1. The SMILES string of the molecule is NC(=O)NC=CC(=O)[O-]. The number of carboxylic acid groups (broad SMARTS) is 1. The lowest BCUT2D eigenvalue weighted by Gasteiger charge is -1.91. The lowest BCUT2D eigenvalue weighted by atomic mass is 10.6. The summed E-state index contributed by atoms with van der Waals surface area (Å²) in [4.78, 5) is 19.4. The van der Waals surface area contributed by atoms with Crippen molar-refractivity contribution in [2.45, 2.75) is 0 Å². The number of hydrogen-bond acceptors (Lipinski definition) is 3. The molecule has 0 heterocycles. The van der Waals surface area contributed by atoms with E-state index in [-0.39, 0.29) is 0 Å². The summed E-state index contributed by atoms with van der Waals surface area (Å²) in [6.45, 7) is 0. The Balaban J connectivity index is 3.48. The van der Waals surface area contributed by atoms with Crippen LogP contribution in [0.25, 0.3) is 0 Å². The second-order valence-corrected chi connectivity index (χ2v) is 1.16. The van der Waals surface area contributed by atoms with Gasteiger partial charge >= 0.3 is 6.03 Å². The largest absolute Gasteiger partial charge is 0.545 e. The zero-order valence-corrected chi connectivity index (χ0v) is 4.46. The first-order valence-electron chi connectivity index (χ1n) is 2.06. The number of primary amides is 1. The Bertz CT molecular complexity index is 152. The lowest BCUT2D eigenvalue weighted by molar-refractivity contribution is -0.297. The van der Waals surface area contributed by atoms with Gasteiger partial charge in [-0.1, -0.05) is 0 Å². The fourth-order valence-corrected chi connectivity index (χ4v) is 0.192. The van der Waals surface area contributed by atoms with E-state index in [9.17, 15) is 14.7 Å². The van der Waals surface area contributed by atoms with Crippen LogP contribution in [0.2, 0.25) is 0 Å². The Labute approximate surface area is 51.2 Å². The highest BCUT2D eigenvalue weighted by atomic mass is 16.4. The summed E-state index contributed by atoms with van der Waals surface area (Å²) in [5.41, 5.74) is 4.56. The van der Waals surface area contributed by atoms with Crippen molar-refractivity contribution >= 4 is 12.0 Å². The molecule has 0 spiro atoms. The van der Waals surface area contributed by atoms with E-state index in [4.69, 9.17) is 0 Å². The van der Waals surface area contributed by atoms with Crippen LogP contribution in [-0.4, -0.2) is 12.0 Å². The van der Waals surface area contributed by atoms with Crippen molar-refractivity contribution in [1.29, 1.82) is 0 Å². The van der Waals surface area contributed by atoms with E-state index in [1.54, 1.807) is 0 Å². The van der Waals surface area contributed by atoms with Crippen molar-refractivity contribution < 1.29 is 14.7 Å². The van der Waals surface area contributed by atoms with Gasteiger partial charge in [-0.05, 0) is 6.08 Å². The molecule has 0 aromatic rings. The first kappa shape index (κ1) is 7.48. The van der Waals surface area contributed by atoms with E-state index >= 15 is 0 Å². The number of amides is 2. The molecule has 0 saturated carbocycles. The minimum atomic E-state index is -1.39. The highest BCUT2D eigenvalue weighted by Gasteiger charge is 1.80. The molecule has 0 aromatic carbocycles. The number of carbonyl (C=O) groups excluding carboxylic acids is 2. The number of aliphatic carboxylic acids is 1. The topological polar surface area (TPSA) is 95.2 Å². The standard InChI is InChI=1S/C4H6N2O3/c5-4(9)6-2-1-3(7)8/h1-2H,(H,7,8)(H3,5,6,9)/p-1. The monoisotopic (exact) mass is 129 g/mol. The molecule has 0 atom stereocenters. The molecule has 0 radical (unpaired) electrons. The number of hydrogen-bond donors (Lipinski definition) is 2. The van der Waals surface area contributed by atoms with Crippen molar-refractivity contribution in [2.75, 3.05) is 0 Å². The first-order chi connectivity index (χ1) is 4.13. The van der Waals surface area contributed by atoms with Gasteiger partial charge in [0.25, 0.3) is 0 Å². The number of urea groups is 1. The van der Waals surface area contributed by atoms with Crippen LogP contribution in [0.5, 0.6) is 0 Å². The summed E-state index contributed by atoms with van der Waals surface area (Å²) in [7, 11) is 0. The van der Waals surface area contributed by atoms with E-state index in [0.717, 1.165) is 6.20 Å². The molecule has 3 N–H and O–H groups in total. The van der Waals surface area contributed by atoms with Gasteiger partial charge < -0.3 is 21.0 Å². The predicted octanol–water partition coefficient (Wildman–Crippen LogP) is -2.08. The summed E-state index contributed by atoms with van der Waals surface area (Å²) in [5, 5.41) is 11.5. The molecule has 50 valence electrons. The third-order valence-corrected chi connectivity index (χ3v) is 0.445. The summed E-state index contributed by atoms with van der Waals surface area (Å²) < 4.78 is 0. The minimum Gasteiger partial charge on any atom is -0.545 e. The maximum absolute atomic E-state index is 9.83. The zero-order valence-electron chi connectivity index (χ0n) is 4.46. The van der Waals surface area contributed by atoms with E-state index in [0.29, 0.717) is 6.08 Å². The fraction of sp³-hybridized carbons (Fsp3) is 0. The molecule has 0 fully saturated rings. The van der Waals surface area contributed by atoms with Gasteiger partial charge in [0, 0.05) is 6.20 Å². The molecule has 9 heavy (non-hydrogen) atoms. The van der Waals surface area contributed by atoms with Crippen LogP contribution in [0.4, 0.5) is 4.79 Å². The predicted molar refractivity (Wildman–Crippen MR) is 26.9 cm³/mol. The molecular weight excluding hydrogens is 124 g/mol. The molecule has 0 aliphatic heterocycles. The van der Waals surface area contributed by atoms with Crippen LogP contribution in [0, 0.1) is 0 Å². The van der Waals surface area contributed by atoms with E-state index in [1.807, 2.05) is 5.32 Å². The van der Waals surface area contributed by atoms with Crippen molar-refractivity contribution in [3.63, 3.8) is 0 Å². The van der Waals surface area contributed by atoms with Gasteiger partial charge in [0.1, 0.15) is 0 Å². The van der Waals surface area contributed by atoms with Gasteiger partial charge in [-0.15, -0.1) is 0 Å². The molecule has 0 aliphatic carbocycles. The van der Waals surface area contributed by atoms with E-state index < -0.39 is 12.0 Å². The second kappa shape index (κ2) is 3.48. The van der Waals surface area contributed by atoms with Gasteiger partial charge in [0.15, 0.2) is 0 Å². The van der Waals surface area contributed by atoms with Crippen molar-refractivity contribution in [2.24, 2.45) is 5.73 Å². The van der Waals surface area contributed by atoms with Gasteiger partial charge in [0.05, 0.1) is 5.97 Å². The maximum atomic E-state index is 9.83. The summed E-state index contributed by atoms with van der Waals surface area (Å²) >= 11 is 0. The smallest absolute Gasteiger partial charge is 0.316 e. The highest BCUT2D eigenvalue weighted by molar-refractivity contribution is 5.79. The number of rotatable bonds is 2. The molecule has 0 rings (SSSR count). The third-order valence-electron chi connectivity index (χ3n) is 0.445. The number of carbonyl (C=O) groups is 2. The Hall–Kier alpha value is -1.52. The fourth-order valence-electron chi connectivity index (χ4n) is 0.192. The average molecular weight is 129 g/mol. The van der Waals surface area contributed by atoms with Crippen LogP contribution < -0.4 is 16.2 Å². The maximum Gasteiger partial charge on any atom is 0.316 e. The molecule has 5 heteroatoms. The molecule has 0 bridgehead atoms.